The minimum absolute atomic E-state index is 0.886. The fraction of sp³-hybridized carbons (Fsp3) is 0. The van der Waals surface area contributed by atoms with Gasteiger partial charge in [0.1, 0.15) is 11.2 Å². The monoisotopic (exact) mass is 523 g/mol. The Bertz CT molecular complexity index is 2170. The van der Waals surface area contributed by atoms with E-state index < -0.39 is 0 Å². The van der Waals surface area contributed by atoms with Gasteiger partial charge in [0.2, 0.25) is 0 Å². The van der Waals surface area contributed by atoms with Crippen molar-refractivity contribution in [2.45, 2.75) is 0 Å². The van der Waals surface area contributed by atoms with Crippen LogP contribution in [-0.4, -0.2) is 4.98 Å². The Hall–Kier alpha value is -5.47. The highest BCUT2D eigenvalue weighted by Crippen LogP contribution is 2.40. The smallest absolute Gasteiger partial charge is 0.143 e. The highest BCUT2D eigenvalue weighted by Gasteiger charge is 2.16. The van der Waals surface area contributed by atoms with Gasteiger partial charge in [-0.05, 0) is 39.6 Å². The molecule has 8 rings (SSSR count). The first-order valence-electron chi connectivity index (χ1n) is 13.9. The first-order chi connectivity index (χ1) is 20.3. The zero-order valence-electron chi connectivity index (χ0n) is 22.3. The highest BCUT2D eigenvalue weighted by molar-refractivity contribution is 6.13. The summed E-state index contributed by atoms with van der Waals surface area (Å²) in [6.07, 6.45) is 1.94. The number of nitrogens with zero attached hydrogens (tertiary/aromatic N) is 1. The number of rotatable bonds is 4. The SMILES string of the molecule is c1ccc(-c2ccc(-c3cccc4c3oc3c(-c5ccc(-c6ccc7ccccc7c6)cc5)cccc34)cn2)cc1. The summed E-state index contributed by atoms with van der Waals surface area (Å²) in [6.45, 7) is 0. The molecular formula is C39H25NO. The van der Waals surface area contributed by atoms with Crippen LogP contribution in [0.15, 0.2) is 156 Å². The molecule has 41 heavy (non-hydrogen) atoms. The van der Waals surface area contributed by atoms with E-state index in [0.29, 0.717) is 0 Å². The minimum atomic E-state index is 0.886. The number of fused-ring (bicyclic) bond motifs is 4. The second kappa shape index (κ2) is 9.62. The molecular weight excluding hydrogens is 498 g/mol. The summed E-state index contributed by atoms with van der Waals surface area (Å²) in [5, 5.41) is 4.74. The fourth-order valence-corrected chi connectivity index (χ4v) is 5.82. The van der Waals surface area contributed by atoms with Gasteiger partial charge in [-0.2, -0.15) is 0 Å². The van der Waals surface area contributed by atoms with Crippen molar-refractivity contribution in [3.63, 3.8) is 0 Å². The van der Waals surface area contributed by atoms with Crippen molar-refractivity contribution in [2.75, 3.05) is 0 Å². The van der Waals surface area contributed by atoms with Crippen LogP contribution in [0.25, 0.3) is 77.3 Å². The zero-order chi connectivity index (χ0) is 27.2. The van der Waals surface area contributed by atoms with Crippen LogP contribution in [0.3, 0.4) is 0 Å². The molecule has 0 aliphatic heterocycles. The van der Waals surface area contributed by atoms with Crippen LogP contribution < -0.4 is 0 Å². The molecule has 0 amide bonds. The number of furan rings is 1. The Morgan fingerprint density at radius 2 is 1.00 bits per heavy atom. The predicted octanol–water partition coefficient (Wildman–Crippen LogP) is 10.8. The maximum Gasteiger partial charge on any atom is 0.143 e. The van der Waals surface area contributed by atoms with Crippen LogP contribution >= 0.6 is 0 Å². The van der Waals surface area contributed by atoms with Crippen LogP contribution in [0, 0.1) is 0 Å². The van der Waals surface area contributed by atoms with Crippen molar-refractivity contribution in [2.24, 2.45) is 0 Å². The van der Waals surface area contributed by atoms with Gasteiger partial charge in [-0.1, -0.05) is 133 Å². The summed E-state index contributed by atoms with van der Waals surface area (Å²) in [5.41, 5.74) is 10.6. The molecule has 8 aromatic rings. The van der Waals surface area contributed by atoms with Gasteiger partial charge in [-0.15, -0.1) is 0 Å². The van der Waals surface area contributed by atoms with Crippen molar-refractivity contribution >= 4 is 32.7 Å². The number of hydrogen-bond acceptors (Lipinski definition) is 2. The lowest BCUT2D eigenvalue weighted by Gasteiger charge is -2.07. The summed E-state index contributed by atoms with van der Waals surface area (Å²) >= 11 is 0. The number of aromatic nitrogens is 1. The molecule has 0 unspecified atom stereocenters. The summed E-state index contributed by atoms with van der Waals surface area (Å²) < 4.78 is 6.67. The zero-order valence-corrected chi connectivity index (χ0v) is 22.3. The van der Waals surface area contributed by atoms with Gasteiger partial charge in [0.15, 0.2) is 0 Å². The lowest BCUT2D eigenvalue weighted by Crippen LogP contribution is -1.85. The Morgan fingerprint density at radius 3 is 1.71 bits per heavy atom. The maximum absolute atomic E-state index is 6.67. The third-order valence-electron chi connectivity index (χ3n) is 7.95. The van der Waals surface area contributed by atoms with E-state index in [4.69, 9.17) is 9.40 Å². The van der Waals surface area contributed by atoms with Crippen LogP contribution in [-0.2, 0) is 0 Å². The normalized spacial score (nSPS) is 11.4. The van der Waals surface area contributed by atoms with E-state index in [1.165, 1.54) is 21.9 Å². The number of hydrogen-bond donors (Lipinski definition) is 0. The van der Waals surface area contributed by atoms with Crippen molar-refractivity contribution in [1.29, 1.82) is 0 Å². The van der Waals surface area contributed by atoms with E-state index in [0.717, 1.165) is 55.4 Å². The summed E-state index contributed by atoms with van der Waals surface area (Å²) in [4.78, 5) is 4.76. The van der Waals surface area contributed by atoms with E-state index in [-0.39, 0.29) is 0 Å². The van der Waals surface area contributed by atoms with E-state index in [1.54, 1.807) is 0 Å². The van der Waals surface area contributed by atoms with Crippen LogP contribution in [0.5, 0.6) is 0 Å². The molecule has 2 heterocycles. The van der Waals surface area contributed by atoms with Crippen LogP contribution in [0.1, 0.15) is 0 Å². The standard InChI is InChI=1S/C39H25NO/c1-2-9-29(10-3-1)37-23-22-32(25-40-37)34-13-7-15-36-35-14-6-12-33(38(35)41-39(34)36)28-19-16-27(17-20-28)31-21-18-26-8-4-5-11-30(26)24-31/h1-25H. The van der Waals surface area contributed by atoms with Gasteiger partial charge >= 0.3 is 0 Å². The largest absolute Gasteiger partial charge is 0.455 e. The second-order valence-electron chi connectivity index (χ2n) is 10.4. The van der Waals surface area contributed by atoms with Crippen LogP contribution in [0.2, 0.25) is 0 Å². The number of pyridine rings is 1. The lowest BCUT2D eigenvalue weighted by molar-refractivity contribution is 0.671. The first kappa shape index (κ1) is 23.4. The molecule has 6 aromatic carbocycles. The molecule has 0 saturated heterocycles. The van der Waals surface area contributed by atoms with Crippen molar-refractivity contribution in [1.82, 2.24) is 4.98 Å². The Balaban J connectivity index is 1.19. The summed E-state index contributed by atoms with van der Waals surface area (Å²) in [7, 11) is 0. The predicted molar refractivity (Wildman–Crippen MR) is 171 cm³/mol. The molecule has 0 saturated carbocycles. The van der Waals surface area contributed by atoms with Gasteiger partial charge in [0, 0.05) is 39.2 Å². The van der Waals surface area contributed by atoms with Gasteiger partial charge in [-0.3, -0.25) is 4.98 Å². The van der Waals surface area contributed by atoms with Crippen molar-refractivity contribution in [3.8, 4) is 44.6 Å². The third kappa shape index (κ3) is 4.09. The molecule has 0 spiro atoms. The van der Waals surface area contributed by atoms with Crippen LogP contribution in [0.4, 0.5) is 0 Å². The van der Waals surface area contributed by atoms with Crippen molar-refractivity contribution in [3.05, 3.63) is 152 Å². The lowest BCUT2D eigenvalue weighted by atomic mass is 9.97. The fourth-order valence-electron chi connectivity index (χ4n) is 5.82. The van der Waals surface area contributed by atoms with E-state index in [9.17, 15) is 0 Å². The molecule has 2 nitrogen and oxygen atoms in total. The van der Waals surface area contributed by atoms with Crippen molar-refractivity contribution < 1.29 is 4.42 Å². The Kier molecular flexibility index (Phi) is 5.49. The average Bonchev–Trinajstić information content (AvgIpc) is 3.44. The Morgan fingerprint density at radius 1 is 0.390 bits per heavy atom. The topological polar surface area (TPSA) is 26.0 Å². The molecule has 192 valence electrons. The maximum atomic E-state index is 6.67. The molecule has 0 fully saturated rings. The van der Waals surface area contributed by atoms with E-state index in [2.05, 4.69) is 127 Å². The van der Waals surface area contributed by atoms with Gasteiger partial charge < -0.3 is 4.42 Å². The van der Waals surface area contributed by atoms with E-state index in [1.807, 2.05) is 24.4 Å². The Labute approximate surface area is 238 Å². The molecule has 0 bridgehead atoms. The van der Waals surface area contributed by atoms with Gasteiger partial charge in [0.25, 0.3) is 0 Å². The quantitative estimate of drug-likeness (QED) is 0.229. The second-order valence-corrected chi connectivity index (χ2v) is 10.4. The molecule has 0 aliphatic carbocycles. The number of para-hydroxylation sites is 2. The summed E-state index contributed by atoms with van der Waals surface area (Å²) in [5.74, 6) is 0. The summed E-state index contributed by atoms with van der Waals surface area (Å²) in [6, 6.07) is 51.1. The molecule has 0 radical (unpaired) electrons. The molecule has 0 N–H and O–H groups in total. The first-order valence-corrected chi connectivity index (χ1v) is 13.9. The highest BCUT2D eigenvalue weighted by atomic mass is 16.3. The minimum Gasteiger partial charge on any atom is -0.455 e. The molecule has 0 atom stereocenters. The average molecular weight is 524 g/mol. The molecule has 0 aliphatic rings. The number of benzene rings is 6. The van der Waals surface area contributed by atoms with E-state index >= 15 is 0 Å². The van der Waals surface area contributed by atoms with Gasteiger partial charge in [0.05, 0.1) is 5.69 Å². The van der Waals surface area contributed by atoms with Gasteiger partial charge in [-0.25, -0.2) is 0 Å². The third-order valence-corrected chi connectivity index (χ3v) is 7.95. The molecule has 2 aromatic heterocycles. The molecule has 2 heteroatoms.